The minimum Gasteiger partial charge on any atom is -0.497 e. The third-order valence-electron chi connectivity index (χ3n) is 3.75. The SMILES string of the molecule is COc1ccc([C@H](NS(=O)(=O)c2ccc(C)cc2)C(C)C)cc1. The summed E-state index contributed by atoms with van der Waals surface area (Å²) in [6.07, 6.45) is 0. The van der Waals surface area contributed by atoms with Crippen molar-refractivity contribution < 1.29 is 13.2 Å². The van der Waals surface area contributed by atoms with Gasteiger partial charge in [-0.1, -0.05) is 43.7 Å². The van der Waals surface area contributed by atoms with Crippen molar-refractivity contribution in [2.24, 2.45) is 5.92 Å². The van der Waals surface area contributed by atoms with Crippen molar-refractivity contribution in [1.82, 2.24) is 4.72 Å². The molecule has 2 aromatic carbocycles. The van der Waals surface area contributed by atoms with E-state index < -0.39 is 10.0 Å². The molecule has 0 aliphatic rings. The maximum Gasteiger partial charge on any atom is 0.241 e. The van der Waals surface area contributed by atoms with E-state index in [2.05, 4.69) is 4.72 Å². The van der Waals surface area contributed by atoms with Crippen molar-refractivity contribution in [1.29, 1.82) is 0 Å². The molecule has 0 radical (unpaired) electrons. The summed E-state index contributed by atoms with van der Waals surface area (Å²) in [4.78, 5) is 0.280. The molecule has 0 heterocycles. The molecule has 1 N–H and O–H groups in total. The number of benzene rings is 2. The molecular formula is C18H23NO3S. The predicted molar refractivity (Wildman–Crippen MR) is 92.1 cm³/mol. The largest absolute Gasteiger partial charge is 0.497 e. The van der Waals surface area contributed by atoms with Gasteiger partial charge in [-0.05, 0) is 42.7 Å². The lowest BCUT2D eigenvalue weighted by Crippen LogP contribution is -2.31. The van der Waals surface area contributed by atoms with Crippen LogP contribution in [-0.2, 0) is 10.0 Å². The fraction of sp³-hybridized carbons (Fsp3) is 0.333. The second kappa shape index (κ2) is 7.15. The number of rotatable bonds is 6. The number of aryl methyl sites for hydroxylation is 1. The Morgan fingerprint density at radius 2 is 1.52 bits per heavy atom. The summed E-state index contributed by atoms with van der Waals surface area (Å²) in [7, 11) is -1.96. The lowest BCUT2D eigenvalue weighted by Gasteiger charge is -2.23. The Labute approximate surface area is 138 Å². The van der Waals surface area contributed by atoms with Crippen LogP contribution in [0.1, 0.15) is 31.0 Å². The van der Waals surface area contributed by atoms with Crippen LogP contribution in [0, 0.1) is 12.8 Å². The third-order valence-corrected chi connectivity index (χ3v) is 5.21. The second-order valence-corrected chi connectivity index (χ2v) is 7.64. The number of hydrogen-bond acceptors (Lipinski definition) is 3. The van der Waals surface area contributed by atoms with Gasteiger partial charge in [0.25, 0.3) is 0 Å². The number of methoxy groups -OCH3 is 1. The summed E-state index contributed by atoms with van der Waals surface area (Å²) in [5.74, 6) is 0.862. The number of nitrogens with one attached hydrogen (secondary N) is 1. The van der Waals surface area contributed by atoms with E-state index in [9.17, 15) is 8.42 Å². The molecule has 1 atom stereocenters. The molecule has 0 bridgehead atoms. The van der Waals surface area contributed by atoms with Crippen molar-refractivity contribution >= 4 is 10.0 Å². The Morgan fingerprint density at radius 3 is 2.00 bits per heavy atom. The van der Waals surface area contributed by atoms with Gasteiger partial charge in [0.1, 0.15) is 5.75 Å². The van der Waals surface area contributed by atoms with E-state index in [1.807, 2.05) is 45.0 Å². The first-order chi connectivity index (χ1) is 10.8. The normalized spacial score (nSPS) is 13.1. The highest BCUT2D eigenvalue weighted by molar-refractivity contribution is 7.89. The Kier molecular flexibility index (Phi) is 5.44. The minimum absolute atomic E-state index is 0.114. The minimum atomic E-state index is -3.57. The molecule has 124 valence electrons. The van der Waals surface area contributed by atoms with E-state index >= 15 is 0 Å². The fourth-order valence-electron chi connectivity index (χ4n) is 2.35. The highest BCUT2D eigenvalue weighted by Crippen LogP contribution is 2.26. The predicted octanol–water partition coefficient (Wildman–Crippen LogP) is 3.68. The van der Waals surface area contributed by atoms with Crippen LogP contribution in [0.4, 0.5) is 0 Å². The van der Waals surface area contributed by atoms with Gasteiger partial charge in [0.15, 0.2) is 0 Å². The zero-order chi connectivity index (χ0) is 17.0. The van der Waals surface area contributed by atoms with E-state index in [0.29, 0.717) is 0 Å². The molecule has 4 nitrogen and oxygen atoms in total. The van der Waals surface area contributed by atoms with Crippen LogP contribution in [0.2, 0.25) is 0 Å². The Bertz CT molecular complexity index is 735. The van der Waals surface area contributed by atoms with E-state index in [-0.39, 0.29) is 16.9 Å². The van der Waals surface area contributed by atoms with E-state index in [1.165, 1.54) is 0 Å². The van der Waals surface area contributed by atoms with Gasteiger partial charge in [-0.25, -0.2) is 13.1 Å². The summed E-state index contributed by atoms with van der Waals surface area (Å²) in [5, 5.41) is 0. The second-order valence-electron chi connectivity index (χ2n) is 5.93. The maximum absolute atomic E-state index is 12.6. The zero-order valence-corrected chi connectivity index (χ0v) is 14.7. The standard InChI is InChI=1S/C18H23NO3S/c1-13(2)18(15-7-9-16(22-4)10-8-15)19-23(20,21)17-11-5-14(3)6-12-17/h5-13,18-19H,1-4H3/t18-/m1/s1. The first-order valence-corrected chi connectivity index (χ1v) is 9.05. The topological polar surface area (TPSA) is 55.4 Å². The van der Waals surface area contributed by atoms with Crippen molar-refractivity contribution in [3.05, 3.63) is 59.7 Å². The molecule has 0 aromatic heterocycles. The molecule has 23 heavy (non-hydrogen) atoms. The first-order valence-electron chi connectivity index (χ1n) is 7.56. The zero-order valence-electron chi connectivity index (χ0n) is 13.9. The van der Waals surface area contributed by atoms with Crippen LogP contribution < -0.4 is 9.46 Å². The third kappa shape index (κ3) is 4.33. The molecule has 5 heteroatoms. The van der Waals surface area contributed by atoms with Crippen molar-refractivity contribution in [3.63, 3.8) is 0 Å². The fourth-order valence-corrected chi connectivity index (χ4v) is 3.73. The molecule has 0 saturated carbocycles. The summed E-state index contributed by atoms with van der Waals surface area (Å²) >= 11 is 0. The molecule has 0 aliphatic heterocycles. The van der Waals surface area contributed by atoms with Gasteiger partial charge in [-0.2, -0.15) is 0 Å². The number of sulfonamides is 1. The first kappa shape index (κ1) is 17.5. The van der Waals surface area contributed by atoms with Gasteiger partial charge in [-0.3, -0.25) is 0 Å². The van der Waals surface area contributed by atoms with Crippen molar-refractivity contribution in [2.45, 2.75) is 31.7 Å². The average Bonchev–Trinajstić information content (AvgIpc) is 2.53. The van der Waals surface area contributed by atoms with Gasteiger partial charge in [0.2, 0.25) is 10.0 Å². The molecule has 2 aromatic rings. The van der Waals surface area contributed by atoms with Gasteiger partial charge in [-0.15, -0.1) is 0 Å². The van der Waals surface area contributed by atoms with Crippen LogP contribution in [0.5, 0.6) is 5.75 Å². The van der Waals surface area contributed by atoms with Crippen LogP contribution in [0.3, 0.4) is 0 Å². The van der Waals surface area contributed by atoms with E-state index in [0.717, 1.165) is 16.9 Å². The van der Waals surface area contributed by atoms with Crippen LogP contribution >= 0.6 is 0 Å². The average molecular weight is 333 g/mol. The highest BCUT2D eigenvalue weighted by atomic mass is 32.2. The number of ether oxygens (including phenoxy) is 1. The lowest BCUT2D eigenvalue weighted by molar-refractivity contribution is 0.413. The van der Waals surface area contributed by atoms with Gasteiger partial charge >= 0.3 is 0 Å². The number of hydrogen-bond donors (Lipinski definition) is 1. The van der Waals surface area contributed by atoms with Crippen molar-refractivity contribution in [3.8, 4) is 5.75 Å². The molecule has 0 spiro atoms. The Hall–Kier alpha value is -1.85. The smallest absolute Gasteiger partial charge is 0.241 e. The molecule has 2 rings (SSSR count). The molecule has 0 fully saturated rings. The molecule has 0 amide bonds. The monoisotopic (exact) mass is 333 g/mol. The maximum atomic E-state index is 12.6. The van der Waals surface area contributed by atoms with Crippen LogP contribution in [-0.4, -0.2) is 15.5 Å². The van der Waals surface area contributed by atoms with Gasteiger partial charge in [0.05, 0.1) is 12.0 Å². The van der Waals surface area contributed by atoms with Crippen LogP contribution in [0.15, 0.2) is 53.4 Å². The van der Waals surface area contributed by atoms with Gasteiger partial charge < -0.3 is 4.74 Å². The van der Waals surface area contributed by atoms with Crippen LogP contribution in [0.25, 0.3) is 0 Å². The highest BCUT2D eigenvalue weighted by Gasteiger charge is 2.23. The Morgan fingerprint density at radius 1 is 0.957 bits per heavy atom. The van der Waals surface area contributed by atoms with E-state index in [4.69, 9.17) is 4.74 Å². The summed E-state index contributed by atoms with van der Waals surface area (Å²) in [6, 6.07) is 14.0. The molecular weight excluding hydrogens is 310 g/mol. The van der Waals surface area contributed by atoms with E-state index in [1.54, 1.807) is 31.4 Å². The van der Waals surface area contributed by atoms with Gasteiger partial charge in [0, 0.05) is 6.04 Å². The Balaban J connectivity index is 2.29. The lowest BCUT2D eigenvalue weighted by atomic mass is 9.97. The molecule has 0 unspecified atom stereocenters. The molecule has 0 saturated heterocycles. The summed E-state index contributed by atoms with van der Waals surface area (Å²) in [6.45, 7) is 5.91. The van der Waals surface area contributed by atoms with Crippen molar-refractivity contribution in [2.75, 3.05) is 7.11 Å². The summed E-state index contributed by atoms with van der Waals surface area (Å²) < 4.78 is 33.2. The summed E-state index contributed by atoms with van der Waals surface area (Å²) in [5.41, 5.74) is 1.94. The quantitative estimate of drug-likeness (QED) is 0.877. The molecule has 0 aliphatic carbocycles.